The number of anilines is 3. The van der Waals surface area contributed by atoms with Gasteiger partial charge in [-0.15, -0.1) is 11.8 Å². The summed E-state index contributed by atoms with van der Waals surface area (Å²) in [7, 11) is 0. The number of benzene rings is 2. The number of para-hydroxylation sites is 1. The van der Waals surface area contributed by atoms with Crippen molar-refractivity contribution in [1.29, 1.82) is 0 Å². The molecule has 0 aromatic heterocycles. The molecule has 0 aliphatic heterocycles. The number of hydrogen-bond donors (Lipinski definition) is 3. The van der Waals surface area contributed by atoms with E-state index in [0.29, 0.717) is 22.8 Å². The molecule has 3 N–H and O–H groups in total. The van der Waals surface area contributed by atoms with E-state index in [0.717, 1.165) is 0 Å². The maximum absolute atomic E-state index is 12.0. The van der Waals surface area contributed by atoms with Crippen LogP contribution < -0.4 is 16.0 Å². The van der Waals surface area contributed by atoms with Crippen molar-refractivity contribution < 1.29 is 9.59 Å². The standard InChI is InChI=1S/C19H23N3O2S/c1-19(2,3)25-13-17(23)20-15-10-7-11-16(12-15)22-18(24)21-14-8-5-4-6-9-14/h4-12H,13H2,1-3H3,(H,20,23)(H2,21,22,24). The first-order valence-corrected chi connectivity index (χ1v) is 8.97. The molecule has 132 valence electrons. The highest BCUT2D eigenvalue weighted by molar-refractivity contribution is 8.01. The fourth-order valence-corrected chi connectivity index (χ4v) is 2.61. The minimum Gasteiger partial charge on any atom is -0.325 e. The van der Waals surface area contributed by atoms with Gasteiger partial charge in [0.1, 0.15) is 0 Å². The Labute approximate surface area is 152 Å². The average Bonchev–Trinajstić information content (AvgIpc) is 2.53. The van der Waals surface area contributed by atoms with Gasteiger partial charge in [0.05, 0.1) is 5.75 Å². The van der Waals surface area contributed by atoms with Gasteiger partial charge < -0.3 is 16.0 Å². The highest BCUT2D eigenvalue weighted by atomic mass is 32.2. The second-order valence-electron chi connectivity index (χ2n) is 6.48. The molecule has 0 bridgehead atoms. The van der Waals surface area contributed by atoms with Crippen LogP contribution in [0.1, 0.15) is 20.8 Å². The fourth-order valence-electron chi connectivity index (χ4n) is 1.97. The molecule has 0 spiro atoms. The van der Waals surface area contributed by atoms with Gasteiger partial charge in [0, 0.05) is 21.8 Å². The monoisotopic (exact) mass is 357 g/mol. The van der Waals surface area contributed by atoms with Crippen LogP contribution in [0.2, 0.25) is 0 Å². The molecule has 2 aromatic rings. The topological polar surface area (TPSA) is 70.2 Å². The quantitative estimate of drug-likeness (QED) is 0.720. The molecule has 2 aromatic carbocycles. The zero-order chi connectivity index (χ0) is 18.3. The minimum absolute atomic E-state index is 0.0380. The van der Waals surface area contributed by atoms with Crippen molar-refractivity contribution in [2.45, 2.75) is 25.5 Å². The van der Waals surface area contributed by atoms with Gasteiger partial charge in [0.2, 0.25) is 5.91 Å². The van der Waals surface area contributed by atoms with Crippen LogP contribution in [0.4, 0.5) is 21.9 Å². The first kappa shape index (κ1) is 18.9. The zero-order valence-corrected chi connectivity index (χ0v) is 15.4. The third kappa shape index (κ3) is 7.30. The fraction of sp³-hybridized carbons (Fsp3) is 0.263. The maximum atomic E-state index is 12.0. The van der Waals surface area contributed by atoms with Gasteiger partial charge in [-0.3, -0.25) is 4.79 Å². The lowest BCUT2D eigenvalue weighted by Gasteiger charge is -2.17. The Kier molecular flexibility index (Phi) is 6.47. The number of rotatable bonds is 5. The third-order valence-corrected chi connectivity index (χ3v) is 4.34. The number of hydrogen-bond acceptors (Lipinski definition) is 3. The van der Waals surface area contributed by atoms with E-state index in [2.05, 4.69) is 36.7 Å². The zero-order valence-electron chi connectivity index (χ0n) is 14.6. The van der Waals surface area contributed by atoms with E-state index in [1.807, 2.05) is 30.3 Å². The van der Waals surface area contributed by atoms with Gasteiger partial charge in [-0.2, -0.15) is 0 Å². The molecule has 0 fully saturated rings. The molecule has 0 aliphatic rings. The molecular weight excluding hydrogens is 334 g/mol. The molecule has 0 aliphatic carbocycles. The van der Waals surface area contributed by atoms with Crippen LogP contribution >= 0.6 is 11.8 Å². The highest BCUT2D eigenvalue weighted by Crippen LogP contribution is 2.23. The Balaban J connectivity index is 1.90. The number of carbonyl (C=O) groups excluding carboxylic acids is 2. The predicted octanol–water partition coefficient (Wildman–Crippen LogP) is 4.80. The van der Waals surface area contributed by atoms with E-state index in [9.17, 15) is 9.59 Å². The van der Waals surface area contributed by atoms with Gasteiger partial charge in [-0.1, -0.05) is 45.0 Å². The molecule has 6 heteroatoms. The second kappa shape index (κ2) is 8.58. The Morgan fingerprint density at radius 3 is 2.04 bits per heavy atom. The van der Waals surface area contributed by atoms with Crippen molar-refractivity contribution in [2.75, 3.05) is 21.7 Å². The lowest BCUT2D eigenvalue weighted by molar-refractivity contribution is -0.113. The molecule has 0 saturated carbocycles. The average molecular weight is 357 g/mol. The van der Waals surface area contributed by atoms with Gasteiger partial charge >= 0.3 is 6.03 Å². The van der Waals surface area contributed by atoms with Crippen molar-refractivity contribution in [3.05, 3.63) is 54.6 Å². The van der Waals surface area contributed by atoms with Crippen LogP contribution in [0.25, 0.3) is 0 Å². The summed E-state index contributed by atoms with van der Waals surface area (Å²) in [5.41, 5.74) is 1.97. The Morgan fingerprint density at radius 1 is 0.840 bits per heavy atom. The van der Waals surface area contributed by atoms with Gasteiger partial charge in [-0.05, 0) is 30.3 Å². The summed E-state index contributed by atoms with van der Waals surface area (Å²) in [6, 6.07) is 15.9. The van der Waals surface area contributed by atoms with Crippen LogP contribution in [0, 0.1) is 0 Å². The number of carbonyl (C=O) groups is 2. The third-order valence-electron chi connectivity index (χ3n) is 3.07. The molecule has 0 unspecified atom stereocenters. The van der Waals surface area contributed by atoms with Crippen LogP contribution in [-0.2, 0) is 4.79 Å². The molecule has 3 amide bonds. The second-order valence-corrected chi connectivity index (χ2v) is 8.28. The smallest absolute Gasteiger partial charge is 0.323 e. The van der Waals surface area contributed by atoms with Crippen molar-refractivity contribution in [1.82, 2.24) is 0 Å². The number of urea groups is 1. The molecule has 25 heavy (non-hydrogen) atoms. The first-order valence-electron chi connectivity index (χ1n) is 7.99. The van der Waals surface area contributed by atoms with Crippen molar-refractivity contribution >= 4 is 40.8 Å². The predicted molar refractivity (Wildman–Crippen MR) is 106 cm³/mol. The molecule has 0 saturated heterocycles. The summed E-state index contributed by atoms with van der Waals surface area (Å²) in [6.45, 7) is 6.21. The van der Waals surface area contributed by atoms with Crippen LogP contribution in [0.15, 0.2) is 54.6 Å². The van der Waals surface area contributed by atoms with Gasteiger partial charge in [-0.25, -0.2) is 4.79 Å². The maximum Gasteiger partial charge on any atom is 0.323 e. The SMILES string of the molecule is CC(C)(C)SCC(=O)Nc1cccc(NC(=O)Nc2ccccc2)c1. The van der Waals surface area contributed by atoms with Gasteiger partial charge in [0.15, 0.2) is 0 Å². The lowest BCUT2D eigenvalue weighted by atomic mass is 10.2. The summed E-state index contributed by atoms with van der Waals surface area (Å²) in [5, 5.41) is 8.35. The van der Waals surface area contributed by atoms with E-state index in [-0.39, 0.29) is 16.7 Å². The van der Waals surface area contributed by atoms with E-state index >= 15 is 0 Å². The first-order chi connectivity index (χ1) is 11.8. The van der Waals surface area contributed by atoms with Gasteiger partial charge in [0.25, 0.3) is 0 Å². The summed E-state index contributed by atoms with van der Waals surface area (Å²) in [5.74, 6) is 0.321. The summed E-state index contributed by atoms with van der Waals surface area (Å²) in [6.07, 6.45) is 0. The molecular formula is C19H23N3O2S. The number of nitrogens with one attached hydrogen (secondary N) is 3. The summed E-state index contributed by atoms with van der Waals surface area (Å²) in [4.78, 5) is 24.0. The minimum atomic E-state index is -0.335. The number of amides is 3. The van der Waals surface area contributed by atoms with E-state index < -0.39 is 0 Å². The number of thioether (sulfide) groups is 1. The van der Waals surface area contributed by atoms with E-state index in [1.54, 1.807) is 36.0 Å². The van der Waals surface area contributed by atoms with E-state index in [4.69, 9.17) is 0 Å². The molecule has 0 atom stereocenters. The van der Waals surface area contributed by atoms with Crippen molar-refractivity contribution in [2.24, 2.45) is 0 Å². The van der Waals surface area contributed by atoms with Crippen molar-refractivity contribution in [3.63, 3.8) is 0 Å². The molecule has 5 nitrogen and oxygen atoms in total. The molecule has 2 rings (SSSR count). The Morgan fingerprint density at radius 2 is 1.40 bits per heavy atom. The Hall–Kier alpha value is -2.47. The highest BCUT2D eigenvalue weighted by Gasteiger charge is 2.13. The summed E-state index contributed by atoms with van der Waals surface area (Å²) >= 11 is 1.59. The molecule has 0 radical (unpaired) electrons. The lowest BCUT2D eigenvalue weighted by Crippen LogP contribution is -2.20. The van der Waals surface area contributed by atoms with Crippen LogP contribution in [-0.4, -0.2) is 22.4 Å². The largest absolute Gasteiger partial charge is 0.325 e. The van der Waals surface area contributed by atoms with E-state index in [1.165, 1.54) is 0 Å². The molecule has 0 heterocycles. The van der Waals surface area contributed by atoms with Crippen LogP contribution in [0.5, 0.6) is 0 Å². The Bertz CT molecular complexity index is 727. The normalized spacial score (nSPS) is 10.8. The van der Waals surface area contributed by atoms with Crippen LogP contribution in [0.3, 0.4) is 0 Å². The van der Waals surface area contributed by atoms with Crippen molar-refractivity contribution in [3.8, 4) is 0 Å². The summed E-state index contributed by atoms with van der Waals surface area (Å²) < 4.78 is 0.0380.